The fraction of sp³-hybridized carbons (Fsp3) is 0.381. The molecular weight excluding hydrogens is 392 g/mol. The van der Waals surface area contributed by atoms with Crippen molar-refractivity contribution in [1.82, 2.24) is 0 Å². The van der Waals surface area contributed by atoms with Crippen LogP contribution in [0.3, 0.4) is 0 Å². The molecule has 0 aliphatic heterocycles. The van der Waals surface area contributed by atoms with Gasteiger partial charge in [-0.2, -0.15) is 0 Å². The van der Waals surface area contributed by atoms with Crippen molar-refractivity contribution >= 4 is 34.4 Å². The number of fused-ring (bicyclic) bond motifs is 1. The number of ether oxygens (including phenoxy) is 2. The van der Waals surface area contributed by atoms with Crippen LogP contribution in [0.4, 0.5) is 5.00 Å². The minimum atomic E-state index is -0.421. The number of amides is 1. The van der Waals surface area contributed by atoms with Crippen molar-refractivity contribution < 1.29 is 23.9 Å². The minimum absolute atomic E-state index is 0.269. The Balaban J connectivity index is 1.64. The van der Waals surface area contributed by atoms with Crippen molar-refractivity contribution in [2.45, 2.75) is 32.1 Å². The van der Waals surface area contributed by atoms with Crippen molar-refractivity contribution in [1.29, 1.82) is 0 Å². The first-order valence-electron chi connectivity index (χ1n) is 9.45. The van der Waals surface area contributed by atoms with Gasteiger partial charge in [0.2, 0.25) is 0 Å². The molecule has 0 fully saturated rings. The average Bonchev–Trinajstić information content (AvgIpc) is 2.91. The van der Waals surface area contributed by atoms with Gasteiger partial charge >= 0.3 is 5.97 Å². The summed E-state index contributed by atoms with van der Waals surface area (Å²) in [5.41, 5.74) is 2.22. The summed E-state index contributed by atoms with van der Waals surface area (Å²) in [6, 6.07) is 7.34. The second-order valence-electron chi connectivity index (χ2n) is 6.56. The van der Waals surface area contributed by atoms with E-state index in [1.165, 1.54) is 24.7 Å². The van der Waals surface area contributed by atoms with E-state index in [-0.39, 0.29) is 12.5 Å². The van der Waals surface area contributed by atoms with Crippen molar-refractivity contribution in [3.05, 3.63) is 45.8 Å². The van der Waals surface area contributed by atoms with Crippen LogP contribution < -0.4 is 10.1 Å². The Morgan fingerprint density at radius 1 is 1.17 bits per heavy atom. The predicted molar refractivity (Wildman–Crippen MR) is 112 cm³/mol. The summed E-state index contributed by atoms with van der Waals surface area (Å²) < 4.78 is 10.2. The molecule has 1 aromatic heterocycles. The standard InChI is InChI=1S/C21H24N2O5S/c1-26-16-10-7-6-8-14(16)12-22-28-13-18(24)23-20-19(21(25)27-2)15-9-4-3-5-11-17(15)29-20/h6-8,10,12H,3-5,9,11,13H2,1-2H3,(H,23,24)/b22-12-. The fourth-order valence-corrected chi connectivity index (χ4v) is 4.57. The van der Waals surface area contributed by atoms with E-state index in [9.17, 15) is 9.59 Å². The van der Waals surface area contributed by atoms with Crippen LogP contribution in [0.25, 0.3) is 0 Å². The number of thiophene rings is 1. The zero-order chi connectivity index (χ0) is 20.6. The third kappa shape index (κ3) is 5.14. The third-order valence-corrected chi connectivity index (χ3v) is 5.87. The summed E-state index contributed by atoms with van der Waals surface area (Å²) in [4.78, 5) is 30.9. The zero-order valence-electron chi connectivity index (χ0n) is 16.5. The van der Waals surface area contributed by atoms with E-state index < -0.39 is 5.97 Å². The van der Waals surface area contributed by atoms with Gasteiger partial charge in [0, 0.05) is 10.4 Å². The van der Waals surface area contributed by atoms with Crippen molar-refractivity contribution in [3.8, 4) is 5.75 Å². The zero-order valence-corrected chi connectivity index (χ0v) is 17.3. The van der Waals surface area contributed by atoms with E-state index in [2.05, 4.69) is 10.5 Å². The van der Waals surface area contributed by atoms with Crippen LogP contribution in [0.2, 0.25) is 0 Å². The molecule has 0 saturated carbocycles. The first kappa shape index (κ1) is 20.9. The predicted octanol–water partition coefficient (Wildman–Crippen LogP) is 3.80. The highest BCUT2D eigenvalue weighted by atomic mass is 32.1. The number of nitrogens with zero attached hydrogens (tertiary/aromatic N) is 1. The average molecular weight is 416 g/mol. The van der Waals surface area contributed by atoms with Gasteiger partial charge < -0.3 is 19.6 Å². The van der Waals surface area contributed by atoms with Crippen molar-refractivity contribution in [3.63, 3.8) is 0 Å². The first-order valence-corrected chi connectivity index (χ1v) is 10.3. The van der Waals surface area contributed by atoms with Gasteiger partial charge in [0.05, 0.1) is 26.0 Å². The Hall–Kier alpha value is -2.87. The van der Waals surface area contributed by atoms with Crippen LogP contribution in [-0.4, -0.2) is 38.9 Å². The highest BCUT2D eigenvalue weighted by Gasteiger charge is 2.26. The lowest BCUT2D eigenvalue weighted by atomic mass is 10.1. The van der Waals surface area contributed by atoms with E-state index in [0.29, 0.717) is 16.3 Å². The lowest BCUT2D eigenvalue weighted by Gasteiger charge is -2.07. The summed E-state index contributed by atoms with van der Waals surface area (Å²) in [6.45, 7) is -0.269. The number of rotatable bonds is 7. The number of hydrogen-bond acceptors (Lipinski definition) is 7. The van der Waals surface area contributed by atoms with Crippen LogP contribution in [0.5, 0.6) is 5.75 Å². The largest absolute Gasteiger partial charge is 0.496 e. The maximum absolute atomic E-state index is 12.3. The summed E-state index contributed by atoms with van der Waals surface area (Å²) in [7, 11) is 2.92. The maximum Gasteiger partial charge on any atom is 0.341 e. The molecule has 0 saturated heterocycles. The summed E-state index contributed by atoms with van der Waals surface area (Å²) in [5, 5.41) is 7.13. The van der Waals surface area contributed by atoms with Gasteiger partial charge in [0.1, 0.15) is 10.8 Å². The number of esters is 1. The molecule has 3 rings (SSSR count). The highest BCUT2D eigenvalue weighted by molar-refractivity contribution is 7.17. The molecule has 1 aliphatic carbocycles. The quantitative estimate of drug-likeness (QED) is 0.321. The Kier molecular flexibility index (Phi) is 7.24. The van der Waals surface area contributed by atoms with Gasteiger partial charge in [-0.05, 0) is 43.4 Å². The van der Waals surface area contributed by atoms with Crippen LogP contribution in [0, 0.1) is 0 Å². The monoisotopic (exact) mass is 416 g/mol. The second-order valence-corrected chi connectivity index (χ2v) is 7.66. The maximum atomic E-state index is 12.3. The van der Waals surface area contributed by atoms with Crippen molar-refractivity contribution in [2.75, 3.05) is 26.1 Å². The van der Waals surface area contributed by atoms with E-state index >= 15 is 0 Å². The van der Waals surface area contributed by atoms with Crippen LogP contribution in [-0.2, 0) is 27.2 Å². The molecule has 0 radical (unpaired) electrons. The molecule has 29 heavy (non-hydrogen) atoms. The van der Waals surface area contributed by atoms with Gasteiger partial charge in [-0.15, -0.1) is 11.3 Å². The molecule has 0 unspecified atom stereocenters. The number of carbonyl (C=O) groups is 2. The molecule has 1 aliphatic rings. The number of anilines is 1. The number of aryl methyl sites for hydroxylation is 1. The van der Waals surface area contributed by atoms with Crippen LogP contribution in [0.15, 0.2) is 29.4 Å². The SMILES string of the molecule is COC(=O)c1c(NC(=O)CO/N=C\c2ccccc2OC)sc2c1CCCCC2. The first-order chi connectivity index (χ1) is 14.1. The molecule has 1 N–H and O–H groups in total. The molecule has 2 aromatic rings. The van der Waals surface area contributed by atoms with Gasteiger partial charge in [-0.1, -0.05) is 23.7 Å². The smallest absolute Gasteiger partial charge is 0.341 e. The number of carbonyl (C=O) groups excluding carboxylic acids is 2. The number of para-hydroxylation sites is 1. The molecule has 0 spiro atoms. The lowest BCUT2D eigenvalue weighted by molar-refractivity contribution is -0.120. The van der Waals surface area contributed by atoms with Gasteiger partial charge in [-0.3, -0.25) is 4.79 Å². The molecule has 1 aromatic carbocycles. The lowest BCUT2D eigenvalue weighted by Crippen LogP contribution is -2.18. The Morgan fingerprint density at radius 3 is 2.76 bits per heavy atom. The van der Waals surface area contributed by atoms with Gasteiger partial charge in [0.15, 0.2) is 6.61 Å². The minimum Gasteiger partial charge on any atom is -0.496 e. The van der Waals surface area contributed by atoms with E-state index in [4.69, 9.17) is 14.3 Å². The number of methoxy groups -OCH3 is 2. The highest BCUT2D eigenvalue weighted by Crippen LogP contribution is 2.37. The normalized spacial score (nSPS) is 13.4. The number of nitrogens with one attached hydrogen (secondary N) is 1. The van der Waals surface area contributed by atoms with E-state index in [1.807, 2.05) is 24.3 Å². The Labute approximate surface area is 173 Å². The topological polar surface area (TPSA) is 86.2 Å². The Bertz CT molecular complexity index is 906. The molecule has 1 amide bonds. The summed E-state index contributed by atoms with van der Waals surface area (Å²) >= 11 is 1.45. The van der Waals surface area contributed by atoms with Gasteiger partial charge in [0.25, 0.3) is 5.91 Å². The summed E-state index contributed by atoms with van der Waals surface area (Å²) in [5.74, 6) is -0.148. The van der Waals surface area contributed by atoms with Gasteiger partial charge in [-0.25, -0.2) is 4.79 Å². The fourth-order valence-electron chi connectivity index (χ4n) is 3.27. The Morgan fingerprint density at radius 2 is 1.97 bits per heavy atom. The molecule has 8 heteroatoms. The molecule has 154 valence electrons. The number of hydrogen-bond donors (Lipinski definition) is 1. The second kappa shape index (κ2) is 10.1. The molecule has 7 nitrogen and oxygen atoms in total. The van der Waals surface area contributed by atoms with E-state index in [1.54, 1.807) is 7.11 Å². The van der Waals surface area contributed by atoms with Crippen molar-refractivity contribution in [2.24, 2.45) is 5.16 Å². The van der Waals surface area contributed by atoms with Crippen LogP contribution >= 0.6 is 11.3 Å². The van der Waals surface area contributed by atoms with Crippen LogP contribution in [0.1, 0.15) is 45.6 Å². The molecule has 0 bridgehead atoms. The molecule has 0 atom stereocenters. The molecular formula is C21H24N2O5S. The van der Waals surface area contributed by atoms with E-state index in [0.717, 1.165) is 48.1 Å². The number of benzene rings is 1. The number of oxime groups is 1. The molecule has 1 heterocycles. The summed E-state index contributed by atoms with van der Waals surface area (Å²) in [6.07, 6.45) is 6.48. The third-order valence-electron chi connectivity index (χ3n) is 4.66.